The van der Waals surface area contributed by atoms with Crippen LogP contribution in [0.1, 0.15) is 38.8 Å². The second-order valence-corrected chi connectivity index (χ2v) is 5.87. The summed E-state index contributed by atoms with van der Waals surface area (Å²) in [4.78, 5) is 0. The molecule has 1 unspecified atom stereocenters. The Morgan fingerprint density at radius 1 is 1.28 bits per heavy atom. The van der Waals surface area contributed by atoms with Crippen molar-refractivity contribution < 1.29 is 4.74 Å². The fourth-order valence-corrected chi connectivity index (χ4v) is 1.95. The summed E-state index contributed by atoms with van der Waals surface area (Å²) < 4.78 is 5.88. The van der Waals surface area contributed by atoms with E-state index in [1.807, 2.05) is 0 Å². The molecule has 0 heterocycles. The predicted octanol–water partition coefficient (Wildman–Crippen LogP) is 3.33. The van der Waals surface area contributed by atoms with E-state index in [1.54, 1.807) is 0 Å². The highest BCUT2D eigenvalue weighted by molar-refractivity contribution is 5.23. The molecule has 0 aliphatic rings. The van der Waals surface area contributed by atoms with E-state index in [1.165, 1.54) is 11.1 Å². The van der Waals surface area contributed by atoms with Crippen molar-refractivity contribution in [3.63, 3.8) is 0 Å². The van der Waals surface area contributed by atoms with Crippen LogP contribution in [0.5, 0.6) is 0 Å². The third-order valence-electron chi connectivity index (χ3n) is 2.77. The van der Waals surface area contributed by atoms with E-state index in [-0.39, 0.29) is 5.60 Å². The highest BCUT2D eigenvalue weighted by Gasteiger charge is 2.15. The van der Waals surface area contributed by atoms with Crippen molar-refractivity contribution >= 4 is 0 Å². The Morgan fingerprint density at radius 2 is 2.00 bits per heavy atom. The zero-order valence-electron chi connectivity index (χ0n) is 12.4. The molecule has 102 valence electrons. The molecule has 0 aliphatic heterocycles. The summed E-state index contributed by atoms with van der Waals surface area (Å²) in [5.74, 6) is 0. The molecule has 0 spiro atoms. The predicted molar refractivity (Wildman–Crippen MR) is 78.1 cm³/mol. The minimum atomic E-state index is -0.0692. The Kier molecular flexibility index (Phi) is 5.83. The van der Waals surface area contributed by atoms with Gasteiger partial charge >= 0.3 is 0 Å². The van der Waals surface area contributed by atoms with Gasteiger partial charge in [0.1, 0.15) is 0 Å². The Hall–Kier alpha value is -0.860. The van der Waals surface area contributed by atoms with Crippen molar-refractivity contribution in [1.29, 1.82) is 0 Å². The van der Waals surface area contributed by atoms with Gasteiger partial charge in [0.15, 0.2) is 0 Å². The van der Waals surface area contributed by atoms with E-state index in [9.17, 15) is 0 Å². The van der Waals surface area contributed by atoms with Crippen LogP contribution in [0.15, 0.2) is 24.3 Å². The summed E-state index contributed by atoms with van der Waals surface area (Å²) in [5.41, 5.74) is 2.62. The quantitative estimate of drug-likeness (QED) is 0.835. The molecule has 0 aromatic heterocycles. The summed E-state index contributed by atoms with van der Waals surface area (Å²) in [6.45, 7) is 12.3. The molecule has 18 heavy (non-hydrogen) atoms. The first kappa shape index (κ1) is 15.2. The third-order valence-corrected chi connectivity index (χ3v) is 2.77. The Balaban J connectivity index is 2.57. The topological polar surface area (TPSA) is 21.3 Å². The number of benzene rings is 1. The van der Waals surface area contributed by atoms with E-state index in [0.717, 1.165) is 19.6 Å². The number of hydrogen-bond acceptors (Lipinski definition) is 2. The van der Waals surface area contributed by atoms with E-state index < -0.39 is 0 Å². The minimum absolute atomic E-state index is 0.0692. The largest absolute Gasteiger partial charge is 0.374 e. The van der Waals surface area contributed by atoms with Crippen LogP contribution < -0.4 is 5.32 Å². The fourth-order valence-electron chi connectivity index (χ4n) is 1.95. The Morgan fingerprint density at radius 3 is 2.56 bits per heavy atom. The maximum atomic E-state index is 5.88. The number of rotatable bonds is 6. The van der Waals surface area contributed by atoms with Crippen molar-refractivity contribution in [2.45, 2.75) is 52.7 Å². The second kappa shape index (κ2) is 6.91. The van der Waals surface area contributed by atoms with Gasteiger partial charge in [-0.25, -0.2) is 0 Å². The van der Waals surface area contributed by atoms with Crippen LogP contribution in [0.2, 0.25) is 0 Å². The first-order valence-corrected chi connectivity index (χ1v) is 6.83. The molecule has 0 saturated heterocycles. The molecule has 0 aliphatic carbocycles. The highest BCUT2D eigenvalue weighted by Crippen LogP contribution is 2.11. The molecular weight excluding hydrogens is 222 g/mol. The molecule has 0 radical (unpaired) electrons. The molecule has 2 nitrogen and oxygen atoms in total. The summed E-state index contributed by atoms with van der Waals surface area (Å²) in [6, 6.07) is 9.09. The number of aryl methyl sites for hydroxylation is 1. The zero-order chi connectivity index (χ0) is 13.6. The lowest BCUT2D eigenvalue weighted by atomic mass is 10.0. The van der Waals surface area contributed by atoms with Crippen LogP contribution in [-0.2, 0) is 11.2 Å². The van der Waals surface area contributed by atoms with E-state index in [2.05, 4.69) is 64.2 Å². The molecule has 1 atom stereocenters. The normalized spacial score (nSPS) is 13.6. The van der Waals surface area contributed by atoms with Crippen molar-refractivity contribution in [2.75, 3.05) is 13.2 Å². The fraction of sp³-hybridized carbons (Fsp3) is 0.625. The molecule has 1 aromatic carbocycles. The van der Waals surface area contributed by atoms with Crippen LogP contribution in [-0.4, -0.2) is 24.8 Å². The van der Waals surface area contributed by atoms with Gasteiger partial charge in [-0.1, -0.05) is 36.8 Å². The first-order valence-electron chi connectivity index (χ1n) is 6.83. The maximum Gasteiger partial charge on any atom is 0.0629 e. The molecule has 0 bridgehead atoms. The zero-order valence-corrected chi connectivity index (χ0v) is 12.4. The van der Waals surface area contributed by atoms with Gasteiger partial charge in [0.05, 0.1) is 12.2 Å². The van der Waals surface area contributed by atoms with Crippen molar-refractivity contribution in [3.8, 4) is 0 Å². The van der Waals surface area contributed by atoms with Gasteiger partial charge in [-0.2, -0.15) is 0 Å². The molecule has 0 saturated carbocycles. The third kappa shape index (κ3) is 6.18. The summed E-state index contributed by atoms with van der Waals surface area (Å²) in [7, 11) is 0. The molecular formula is C16H27NO. The van der Waals surface area contributed by atoms with Crippen molar-refractivity contribution in [1.82, 2.24) is 5.32 Å². The molecule has 1 N–H and O–H groups in total. The Bertz CT molecular complexity index is 354. The maximum absolute atomic E-state index is 5.88. The van der Waals surface area contributed by atoms with E-state index >= 15 is 0 Å². The van der Waals surface area contributed by atoms with Crippen molar-refractivity contribution in [3.05, 3.63) is 35.4 Å². The summed E-state index contributed by atoms with van der Waals surface area (Å²) >= 11 is 0. The molecule has 0 fully saturated rings. The minimum Gasteiger partial charge on any atom is -0.374 e. The SMILES string of the molecule is CCNC(COC(C)(C)C)Cc1cccc(C)c1. The van der Waals surface area contributed by atoms with Crippen LogP contribution >= 0.6 is 0 Å². The molecule has 1 aromatic rings. The van der Waals surface area contributed by atoms with Crippen LogP contribution in [0.4, 0.5) is 0 Å². The number of nitrogens with one attached hydrogen (secondary N) is 1. The van der Waals surface area contributed by atoms with Crippen LogP contribution in [0.3, 0.4) is 0 Å². The van der Waals surface area contributed by atoms with Crippen LogP contribution in [0.25, 0.3) is 0 Å². The standard InChI is InChI=1S/C16H27NO/c1-6-17-15(12-18-16(3,4)5)11-14-9-7-8-13(2)10-14/h7-10,15,17H,6,11-12H2,1-5H3. The van der Waals surface area contributed by atoms with E-state index in [0.29, 0.717) is 6.04 Å². The average molecular weight is 249 g/mol. The van der Waals surface area contributed by atoms with Gasteiger partial charge in [-0.15, -0.1) is 0 Å². The Labute approximate surface area is 112 Å². The van der Waals surface area contributed by atoms with Gasteiger partial charge in [0, 0.05) is 6.04 Å². The van der Waals surface area contributed by atoms with Gasteiger partial charge < -0.3 is 10.1 Å². The lowest BCUT2D eigenvalue weighted by molar-refractivity contribution is -0.0141. The summed E-state index contributed by atoms with van der Waals surface area (Å²) in [5, 5.41) is 3.50. The highest BCUT2D eigenvalue weighted by atomic mass is 16.5. The first-order chi connectivity index (χ1) is 8.40. The molecule has 1 rings (SSSR count). The monoisotopic (exact) mass is 249 g/mol. The van der Waals surface area contributed by atoms with E-state index in [4.69, 9.17) is 4.74 Å². The lowest BCUT2D eigenvalue weighted by Crippen LogP contribution is -2.38. The molecule has 2 heteroatoms. The number of ether oxygens (including phenoxy) is 1. The van der Waals surface area contributed by atoms with Gasteiger partial charge in [-0.3, -0.25) is 0 Å². The second-order valence-electron chi connectivity index (χ2n) is 5.87. The number of hydrogen-bond donors (Lipinski definition) is 1. The van der Waals surface area contributed by atoms with Gasteiger partial charge in [0.25, 0.3) is 0 Å². The van der Waals surface area contributed by atoms with Crippen molar-refractivity contribution in [2.24, 2.45) is 0 Å². The lowest BCUT2D eigenvalue weighted by Gasteiger charge is -2.25. The smallest absolute Gasteiger partial charge is 0.0629 e. The van der Waals surface area contributed by atoms with Gasteiger partial charge in [0.2, 0.25) is 0 Å². The van der Waals surface area contributed by atoms with Gasteiger partial charge in [-0.05, 0) is 46.2 Å². The average Bonchev–Trinajstić information content (AvgIpc) is 2.25. The molecule has 0 amide bonds. The number of likely N-dealkylation sites (N-methyl/N-ethyl adjacent to an activating group) is 1. The van der Waals surface area contributed by atoms with Crippen LogP contribution in [0, 0.1) is 6.92 Å². The summed E-state index contributed by atoms with van der Waals surface area (Å²) in [6.07, 6.45) is 1.02.